The van der Waals surface area contributed by atoms with E-state index in [0.29, 0.717) is 24.9 Å². The number of nitrogens with one attached hydrogen (secondary N) is 1. The van der Waals surface area contributed by atoms with Gasteiger partial charge in [-0.25, -0.2) is 0 Å². The highest BCUT2D eigenvalue weighted by atomic mass is 16.2. The average Bonchev–Trinajstić information content (AvgIpc) is 2.11. The molecular weight excluding hydrogens is 228 g/mol. The second-order valence-electron chi connectivity index (χ2n) is 6.70. The summed E-state index contributed by atoms with van der Waals surface area (Å²) in [6.07, 6.45) is 0. The molecule has 0 aliphatic carbocycles. The van der Waals surface area contributed by atoms with Crippen LogP contribution in [0, 0.1) is 11.8 Å². The molecule has 0 fully saturated rings. The lowest BCUT2D eigenvalue weighted by molar-refractivity contribution is -0.147. The highest BCUT2D eigenvalue weighted by Gasteiger charge is 2.26. The molecule has 0 aromatic heterocycles. The minimum atomic E-state index is -0.510. The number of rotatable bonds is 4. The number of carbonyl (C=O) groups is 2. The molecule has 0 aliphatic rings. The molecule has 2 amide bonds. The maximum Gasteiger partial charge on any atom is 0.311 e. The summed E-state index contributed by atoms with van der Waals surface area (Å²) in [5, 5.41) is 2.72. The van der Waals surface area contributed by atoms with Crippen LogP contribution in [-0.4, -0.2) is 35.3 Å². The fraction of sp³-hybridized carbons (Fsp3) is 0.857. The molecule has 0 saturated heterocycles. The first-order valence-corrected chi connectivity index (χ1v) is 6.64. The van der Waals surface area contributed by atoms with E-state index in [9.17, 15) is 9.59 Å². The van der Waals surface area contributed by atoms with Crippen LogP contribution in [0.3, 0.4) is 0 Å². The van der Waals surface area contributed by atoms with Crippen molar-refractivity contribution in [3.63, 3.8) is 0 Å². The van der Waals surface area contributed by atoms with Crippen LogP contribution in [0.2, 0.25) is 0 Å². The topological polar surface area (TPSA) is 49.4 Å². The summed E-state index contributed by atoms with van der Waals surface area (Å²) >= 11 is 0. The van der Waals surface area contributed by atoms with Gasteiger partial charge in [0.1, 0.15) is 0 Å². The Hall–Kier alpha value is -1.06. The van der Waals surface area contributed by atoms with Gasteiger partial charge in [-0.3, -0.25) is 9.59 Å². The average molecular weight is 256 g/mol. The Bertz CT molecular complexity index is 281. The standard InChI is InChI=1S/C14H28N2O2/c1-10(2)8-16(9-11(3)4)13(18)12(17)15-14(5,6)7/h10-11H,8-9H2,1-7H3,(H,15,17). The molecule has 0 rings (SSSR count). The molecule has 0 saturated carbocycles. The summed E-state index contributed by atoms with van der Waals surface area (Å²) in [7, 11) is 0. The zero-order chi connectivity index (χ0) is 14.5. The molecule has 4 heteroatoms. The Morgan fingerprint density at radius 3 is 1.67 bits per heavy atom. The summed E-state index contributed by atoms with van der Waals surface area (Å²) in [6.45, 7) is 15.0. The molecule has 0 aromatic carbocycles. The summed E-state index contributed by atoms with van der Waals surface area (Å²) < 4.78 is 0. The maximum atomic E-state index is 12.1. The molecule has 0 spiro atoms. The van der Waals surface area contributed by atoms with Gasteiger partial charge in [0.05, 0.1) is 0 Å². The van der Waals surface area contributed by atoms with Gasteiger partial charge in [0.25, 0.3) is 0 Å². The molecule has 0 aliphatic heterocycles. The minimum absolute atomic E-state index is 0.357. The van der Waals surface area contributed by atoms with Gasteiger partial charge in [-0.1, -0.05) is 27.7 Å². The van der Waals surface area contributed by atoms with E-state index in [1.165, 1.54) is 0 Å². The highest BCUT2D eigenvalue weighted by Crippen LogP contribution is 2.06. The van der Waals surface area contributed by atoms with Gasteiger partial charge in [0, 0.05) is 18.6 Å². The van der Waals surface area contributed by atoms with Crippen LogP contribution in [0.25, 0.3) is 0 Å². The van der Waals surface area contributed by atoms with E-state index in [4.69, 9.17) is 0 Å². The van der Waals surface area contributed by atoms with Crippen LogP contribution in [0.15, 0.2) is 0 Å². The monoisotopic (exact) mass is 256 g/mol. The molecule has 0 heterocycles. The van der Waals surface area contributed by atoms with Crippen LogP contribution >= 0.6 is 0 Å². The van der Waals surface area contributed by atoms with Crippen molar-refractivity contribution in [1.29, 1.82) is 0 Å². The van der Waals surface area contributed by atoms with Gasteiger partial charge >= 0.3 is 11.8 Å². The number of hydrogen-bond donors (Lipinski definition) is 1. The predicted molar refractivity (Wildman–Crippen MR) is 74.2 cm³/mol. The number of hydrogen-bond acceptors (Lipinski definition) is 2. The lowest BCUT2D eigenvalue weighted by atomic mass is 10.1. The first-order chi connectivity index (χ1) is 8.03. The summed E-state index contributed by atoms with van der Waals surface area (Å²) in [4.78, 5) is 25.6. The van der Waals surface area contributed by atoms with Gasteiger partial charge in [0.15, 0.2) is 0 Å². The second-order valence-corrected chi connectivity index (χ2v) is 6.70. The van der Waals surface area contributed by atoms with Gasteiger partial charge in [-0.15, -0.1) is 0 Å². The lowest BCUT2D eigenvalue weighted by Gasteiger charge is -2.27. The first kappa shape index (κ1) is 16.9. The summed E-state index contributed by atoms with van der Waals surface area (Å²) in [5.74, 6) is -0.221. The quantitative estimate of drug-likeness (QED) is 0.783. The van der Waals surface area contributed by atoms with Crippen molar-refractivity contribution in [1.82, 2.24) is 10.2 Å². The summed E-state index contributed by atoms with van der Waals surface area (Å²) in [5.41, 5.74) is -0.381. The molecule has 0 radical (unpaired) electrons. The van der Waals surface area contributed by atoms with Crippen molar-refractivity contribution in [2.75, 3.05) is 13.1 Å². The highest BCUT2D eigenvalue weighted by molar-refractivity contribution is 6.35. The Morgan fingerprint density at radius 1 is 1.00 bits per heavy atom. The van der Waals surface area contributed by atoms with Crippen molar-refractivity contribution in [3.05, 3.63) is 0 Å². The van der Waals surface area contributed by atoms with E-state index >= 15 is 0 Å². The zero-order valence-electron chi connectivity index (χ0n) is 12.8. The number of carbonyl (C=O) groups excluding carboxylic acids is 2. The van der Waals surface area contributed by atoms with Gasteiger partial charge in [-0.05, 0) is 32.6 Å². The van der Waals surface area contributed by atoms with Crippen LogP contribution in [0.4, 0.5) is 0 Å². The Balaban J connectivity index is 4.68. The van der Waals surface area contributed by atoms with Crippen molar-refractivity contribution in [2.45, 2.75) is 54.0 Å². The molecule has 0 unspecified atom stereocenters. The molecule has 4 nitrogen and oxygen atoms in total. The normalized spacial score (nSPS) is 11.8. The molecular formula is C14H28N2O2. The van der Waals surface area contributed by atoms with E-state index in [1.54, 1.807) is 4.90 Å². The zero-order valence-corrected chi connectivity index (χ0v) is 12.8. The smallest absolute Gasteiger partial charge is 0.311 e. The third kappa shape index (κ3) is 7.30. The van der Waals surface area contributed by atoms with Crippen LogP contribution in [-0.2, 0) is 9.59 Å². The molecule has 0 atom stereocenters. The Morgan fingerprint density at radius 2 is 1.39 bits per heavy atom. The van der Waals surface area contributed by atoms with Crippen LogP contribution < -0.4 is 5.32 Å². The fourth-order valence-corrected chi connectivity index (χ4v) is 1.66. The maximum absolute atomic E-state index is 12.1. The Labute approximate surface area is 111 Å². The Kier molecular flexibility index (Phi) is 6.36. The van der Waals surface area contributed by atoms with E-state index in [-0.39, 0.29) is 5.54 Å². The van der Waals surface area contributed by atoms with Crippen LogP contribution in [0.1, 0.15) is 48.5 Å². The van der Waals surface area contributed by atoms with Crippen molar-refractivity contribution in [3.8, 4) is 0 Å². The lowest BCUT2D eigenvalue weighted by Crippen LogP contribution is -2.51. The van der Waals surface area contributed by atoms with Gasteiger partial charge < -0.3 is 10.2 Å². The number of amides is 2. The van der Waals surface area contributed by atoms with Crippen molar-refractivity contribution in [2.24, 2.45) is 11.8 Å². The molecule has 0 aromatic rings. The van der Waals surface area contributed by atoms with Gasteiger partial charge in [-0.2, -0.15) is 0 Å². The second kappa shape index (κ2) is 6.76. The number of nitrogens with zero attached hydrogens (tertiary/aromatic N) is 1. The van der Waals surface area contributed by atoms with Crippen molar-refractivity contribution < 1.29 is 9.59 Å². The third-order valence-electron chi connectivity index (χ3n) is 2.14. The van der Waals surface area contributed by atoms with Crippen molar-refractivity contribution >= 4 is 11.8 Å². The molecule has 0 bridgehead atoms. The first-order valence-electron chi connectivity index (χ1n) is 6.64. The van der Waals surface area contributed by atoms with E-state index in [1.807, 2.05) is 48.5 Å². The largest absolute Gasteiger partial charge is 0.343 e. The fourth-order valence-electron chi connectivity index (χ4n) is 1.66. The van der Waals surface area contributed by atoms with E-state index in [0.717, 1.165) is 0 Å². The van der Waals surface area contributed by atoms with Gasteiger partial charge in [0.2, 0.25) is 0 Å². The van der Waals surface area contributed by atoms with Crippen LogP contribution in [0.5, 0.6) is 0 Å². The van der Waals surface area contributed by atoms with E-state index in [2.05, 4.69) is 5.32 Å². The molecule has 106 valence electrons. The predicted octanol–water partition coefficient (Wildman–Crippen LogP) is 2.04. The third-order valence-corrected chi connectivity index (χ3v) is 2.14. The molecule has 18 heavy (non-hydrogen) atoms. The molecule has 1 N–H and O–H groups in total. The SMILES string of the molecule is CC(C)CN(CC(C)C)C(=O)C(=O)NC(C)(C)C. The summed E-state index contributed by atoms with van der Waals surface area (Å²) in [6, 6.07) is 0. The van der Waals surface area contributed by atoms with E-state index < -0.39 is 11.8 Å². The minimum Gasteiger partial charge on any atom is -0.343 e.